The van der Waals surface area contributed by atoms with Crippen molar-refractivity contribution >= 4 is 34.1 Å². The van der Waals surface area contributed by atoms with E-state index in [1.54, 1.807) is 12.1 Å². The summed E-state index contributed by atoms with van der Waals surface area (Å²) >= 11 is 2.82. The van der Waals surface area contributed by atoms with Crippen LogP contribution in [0.25, 0.3) is 0 Å². The van der Waals surface area contributed by atoms with Crippen molar-refractivity contribution in [2.45, 2.75) is 10.9 Å². The van der Waals surface area contributed by atoms with Crippen LogP contribution in [0.1, 0.15) is 5.56 Å². The fourth-order valence-electron chi connectivity index (χ4n) is 3.36. The topological polar surface area (TPSA) is 70.6 Å². The lowest BCUT2D eigenvalue weighted by molar-refractivity contribution is -0.130. The Kier molecular flexibility index (Phi) is 8.51. The molecule has 0 aliphatic carbocycles. The second-order valence-electron chi connectivity index (χ2n) is 7.53. The second kappa shape index (κ2) is 12.0. The van der Waals surface area contributed by atoms with Crippen LogP contribution >= 0.6 is 23.1 Å². The van der Waals surface area contributed by atoms with Crippen molar-refractivity contribution in [2.75, 3.05) is 50.4 Å². The van der Waals surface area contributed by atoms with Gasteiger partial charge in [0, 0.05) is 39.3 Å². The minimum absolute atomic E-state index is 0.121. The molecule has 0 radical (unpaired) electrons. The van der Waals surface area contributed by atoms with Crippen molar-refractivity contribution in [3.63, 3.8) is 0 Å². The zero-order chi connectivity index (χ0) is 22.9. The number of nitrogens with one attached hydrogen (secondary N) is 1. The number of benzene rings is 2. The first-order valence-corrected chi connectivity index (χ1v) is 12.6. The number of rotatable bonds is 10. The van der Waals surface area contributed by atoms with Gasteiger partial charge in [-0.1, -0.05) is 53.4 Å². The number of piperazine rings is 1. The molecular weight excluding hydrogens is 461 g/mol. The summed E-state index contributed by atoms with van der Waals surface area (Å²) in [7, 11) is 0. The summed E-state index contributed by atoms with van der Waals surface area (Å²) in [6, 6.07) is 16.1. The molecule has 4 rings (SSSR count). The average molecular weight is 488 g/mol. The maximum absolute atomic E-state index is 13.0. The van der Waals surface area contributed by atoms with Gasteiger partial charge in [-0.05, 0) is 29.8 Å². The third kappa shape index (κ3) is 7.41. The number of anilines is 1. The lowest BCUT2D eigenvalue weighted by atomic mass is 10.2. The van der Waals surface area contributed by atoms with Crippen LogP contribution < -0.4 is 10.1 Å². The number of para-hydroxylation sites is 1. The zero-order valence-corrected chi connectivity index (χ0v) is 19.8. The molecule has 7 nitrogen and oxygen atoms in total. The molecule has 3 aromatic rings. The van der Waals surface area contributed by atoms with Crippen LogP contribution in [0.5, 0.6) is 5.75 Å². The summed E-state index contributed by atoms with van der Waals surface area (Å²) in [5.74, 6) is 1.10. The number of amides is 1. The van der Waals surface area contributed by atoms with Gasteiger partial charge in [0.2, 0.25) is 11.0 Å². The molecule has 2 aromatic carbocycles. The van der Waals surface area contributed by atoms with Gasteiger partial charge in [0.15, 0.2) is 4.34 Å². The number of hydrogen-bond acceptors (Lipinski definition) is 8. The summed E-state index contributed by atoms with van der Waals surface area (Å²) in [5.41, 5.74) is 0.960. The maximum Gasteiger partial charge on any atom is 0.233 e. The van der Waals surface area contributed by atoms with E-state index in [0.717, 1.165) is 48.4 Å². The fraction of sp³-hybridized carbons (Fsp3) is 0.348. The van der Waals surface area contributed by atoms with Gasteiger partial charge in [-0.3, -0.25) is 9.69 Å². The maximum atomic E-state index is 13.0. The molecule has 0 atom stereocenters. The van der Waals surface area contributed by atoms with Crippen LogP contribution in [0.2, 0.25) is 0 Å². The van der Waals surface area contributed by atoms with E-state index in [4.69, 9.17) is 4.74 Å². The van der Waals surface area contributed by atoms with E-state index in [-0.39, 0.29) is 11.7 Å². The number of halogens is 1. The van der Waals surface area contributed by atoms with Gasteiger partial charge in [-0.25, -0.2) is 4.39 Å². The number of nitrogens with zero attached hydrogens (tertiary/aromatic N) is 4. The van der Waals surface area contributed by atoms with E-state index in [1.807, 2.05) is 35.2 Å². The molecule has 0 bridgehead atoms. The summed E-state index contributed by atoms with van der Waals surface area (Å²) in [4.78, 5) is 16.8. The van der Waals surface area contributed by atoms with Crippen LogP contribution in [0.3, 0.4) is 0 Å². The predicted molar refractivity (Wildman–Crippen MR) is 129 cm³/mol. The molecule has 33 heavy (non-hydrogen) atoms. The minimum atomic E-state index is -0.253. The molecule has 10 heteroatoms. The highest BCUT2D eigenvalue weighted by Gasteiger charge is 2.21. The van der Waals surface area contributed by atoms with Crippen molar-refractivity contribution in [3.8, 4) is 5.75 Å². The molecular formula is C23H26FN5O2S2. The molecule has 1 fully saturated rings. The molecule has 1 N–H and O–H groups in total. The summed E-state index contributed by atoms with van der Waals surface area (Å²) in [6.45, 7) is 5.19. The number of aromatic nitrogens is 2. The van der Waals surface area contributed by atoms with Crippen molar-refractivity contribution in [2.24, 2.45) is 0 Å². The monoisotopic (exact) mass is 487 g/mol. The van der Waals surface area contributed by atoms with E-state index in [9.17, 15) is 9.18 Å². The Morgan fingerprint density at radius 2 is 1.82 bits per heavy atom. The summed E-state index contributed by atoms with van der Waals surface area (Å²) in [6.07, 6.45) is 0. The molecule has 1 amide bonds. The molecule has 1 saturated heterocycles. The summed E-state index contributed by atoms with van der Waals surface area (Å²) < 4.78 is 19.5. The SMILES string of the molecule is O=C(CSc1nnc(NCc2ccc(F)cc2)s1)N1CCN(CCOc2ccccc2)CC1. The highest BCUT2D eigenvalue weighted by molar-refractivity contribution is 8.01. The molecule has 0 unspecified atom stereocenters. The average Bonchev–Trinajstić information content (AvgIpc) is 3.31. The third-order valence-corrected chi connectivity index (χ3v) is 7.23. The Morgan fingerprint density at radius 3 is 2.58 bits per heavy atom. The molecule has 1 aliphatic heterocycles. The van der Waals surface area contributed by atoms with Crippen molar-refractivity contribution in [1.82, 2.24) is 20.0 Å². The van der Waals surface area contributed by atoms with Gasteiger partial charge in [-0.2, -0.15) is 0 Å². The molecule has 1 aliphatic rings. The van der Waals surface area contributed by atoms with Crippen LogP contribution in [0.4, 0.5) is 9.52 Å². The quantitative estimate of drug-likeness (QED) is 0.438. The van der Waals surface area contributed by atoms with E-state index in [0.29, 0.717) is 24.0 Å². The van der Waals surface area contributed by atoms with Gasteiger partial charge in [0.1, 0.15) is 18.2 Å². The first kappa shape index (κ1) is 23.5. The van der Waals surface area contributed by atoms with Crippen molar-refractivity contribution in [1.29, 1.82) is 0 Å². The van der Waals surface area contributed by atoms with Gasteiger partial charge >= 0.3 is 0 Å². The van der Waals surface area contributed by atoms with Gasteiger partial charge in [0.05, 0.1) is 5.75 Å². The summed E-state index contributed by atoms with van der Waals surface area (Å²) in [5, 5.41) is 12.1. The molecule has 0 spiro atoms. The van der Waals surface area contributed by atoms with Crippen LogP contribution in [-0.2, 0) is 11.3 Å². The largest absolute Gasteiger partial charge is 0.492 e. The smallest absolute Gasteiger partial charge is 0.233 e. The van der Waals surface area contributed by atoms with Crippen molar-refractivity contribution in [3.05, 3.63) is 66.0 Å². The van der Waals surface area contributed by atoms with Gasteiger partial charge in [0.25, 0.3) is 0 Å². The Labute approximate surface area is 201 Å². The third-order valence-electron chi connectivity index (χ3n) is 5.23. The van der Waals surface area contributed by atoms with Crippen LogP contribution in [-0.4, -0.2) is 71.0 Å². The molecule has 0 saturated carbocycles. The molecule has 2 heterocycles. The number of thioether (sulfide) groups is 1. The van der Waals surface area contributed by atoms with E-state index >= 15 is 0 Å². The number of carbonyl (C=O) groups is 1. The Hall–Kier alpha value is -2.69. The Bertz CT molecular complexity index is 1010. The van der Waals surface area contributed by atoms with E-state index in [1.165, 1.54) is 35.2 Å². The van der Waals surface area contributed by atoms with Gasteiger partial charge in [-0.15, -0.1) is 10.2 Å². The van der Waals surface area contributed by atoms with Crippen LogP contribution in [0, 0.1) is 5.82 Å². The molecule has 1 aromatic heterocycles. The normalized spacial score (nSPS) is 14.3. The Balaban J connectivity index is 1.12. The van der Waals surface area contributed by atoms with Crippen LogP contribution in [0.15, 0.2) is 58.9 Å². The first-order chi connectivity index (χ1) is 16.2. The Morgan fingerprint density at radius 1 is 1.06 bits per heavy atom. The van der Waals surface area contributed by atoms with E-state index in [2.05, 4.69) is 20.4 Å². The highest BCUT2D eigenvalue weighted by Crippen LogP contribution is 2.26. The van der Waals surface area contributed by atoms with Gasteiger partial charge < -0.3 is 15.0 Å². The lowest BCUT2D eigenvalue weighted by Gasteiger charge is -2.34. The van der Waals surface area contributed by atoms with E-state index < -0.39 is 0 Å². The van der Waals surface area contributed by atoms with Crippen molar-refractivity contribution < 1.29 is 13.9 Å². The second-order valence-corrected chi connectivity index (χ2v) is 9.73. The fourth-order valence-corrected chi connectivity index (χ4v) is 5.01. The number of ether oxygens (including phenoxy) is 1. The highest BCUT2D eigenvalue weighted by atomic mass is 32.2. The molecule has 174 valence electrons. The minimum Gasteiger partial charge on any atom is -0.492 e. The number of hydrogen-bond donors (Lipinski definition) is 1. The predicted octanol–water partition coefficient (Wildman–Crippen LogP) is 3.60. The zero-order valence-electron chi connectivity index (χ0n) is 18.2. The number of carbonyl (C=O) groups excluding carboxylic acids is 1. The standard InChI is InChI=1S/C23H26FN5O2S2/c24-19-8-6-18(7-9-19)16-25-22-26-27-23(33-22)32-17-21(30)29-12-10-28(11-13-29)14-15-31-20-4-2-1-3-5-20/h1-9H,10-17H2,(H,25,26). The lowest BCUT2D eigenvalue weighted by Crippen LogP contribution is -2.50. The first-order valence-electron chi connectivity index (χ1n) is 10.8.